The number of aromatic nitrogens is 2. The fraction of sp³-hybridized carbons (Fsp3) is 0.500. The van der Waals surface area contributed by atoms with Crippen molar-refractivity contribution in [3.05, 3.63) is 63.4 Å². The lowest BCUT2D eigenvalue weighted by Crippen LogP contribution is -2.52. The summed E-state index contributed by atoms with van der Waals surface area (Å²) < 4.78 is 5.34. The largest absolute Gasteiger partial charge is 0.361 e. The first kappa shape index (κ1) is 25.6. The monoisotopic (exact) mass is 521 g/mol. The van der Waals surface area contributed by atoms with Gasteiger partial charge in [0.05, 0.1) is 18.7 Å². The number of anilines is 1. The summed E-state index contributed by atoms with van der Waals surface area (Å²) in [6, 6.07) is 8.56. The molecule has 2 aromatic heterocycles. The number of carbonyl (C=O) groups is 2. The van der Waals surface area contributed by atoms with E-state index >= 15 is 0 Å². The summed E-state index contributed by atoms with van der Waals surface area (Å²) in [4.78, 5) is 37.7. The molecule has 1 saturated heterocycles. The number of carbonyl (C=O) groups excluding carboxylic acids is 2. The zero-order chi connectivity index (χ0) is 25.9. The van der Waals surface area contributed by atoms with Gasteiger partial charge in [-0.15, -0.1) is 11.3 Å². The zero-order valence-corrected chi connectivity index (χ0v) is 22.7. The molecule has 2 aliphatic rings. The maximum absolute atomic E-state index is 13.9. The van der Waals surface area contributed by atoms with Crippen molar-refractivity contribution in [1.29, 1.82) is 0 Å². The third-order valence-electron chi connectivity index (χ3n) is 7.82. The molecule has 0 aliphatic carbocycles. The van der Waals surface area contributed by atoms with Crippen LogP contribution in [0.15, 0.2) is 40.4 Å². The van der Waals surface area contributed by atoms with Crippen molar-refractivity contribution in [3.8, 4) is 0 Å². The molecule has 8 nitrogen and oxygen atoms in total. The Balaban J connectivity index is 1.53. The fourth-order valence-corrected chi connectivity index (χ4v) is 6.46. The molecule has 5 rings (SSSR count). The van der Waals surface area contributed by atoms with Crippen LogP contribution in [0, 0.1) is 13.8 Å². The Hall–Kier alpha value is -3.04. The van der Waals surface area contributed by atoms with Gasteiger partial charge in [0.15, 0.2) is 0 Å². The third-order valence-corrected chi connectivity index (χ3v) is 8.58. The summed E-state index contributed by atoms with van der Waals surface area (Å²) in [5.74, 6) is 0.767. The third kappa shape index (κ3) is 5.62. The molecule has 3 aromatic rings. The van der Waals surface area contributed by atoms with Crippen LogP contribution < -0.4 is 4.90 Å². The summed E-state index contributed by atoms with van der Waals surface area (Å²) in [6.07, 6.45) is 6.24. The SMILES string of the molecule is CC(=O)N1CCC2CCCC(CN(C(=O)Cc3c(C)noc3C)Cc3ccccc31)N2Cc1nccs1. The lowest BCUT2D eigenvalue weighted by atomic mass is 9.92. The van der Waals surface area contributed by atoms with Gasteiger partial charge in [0.25, 0.3) is 0 Å². The average Bonchev–Trinajstić information content (AvgIpc) is 3.50. The van der Waals surface area contributed by atoms with Gasteiger partial charge in [-0.25, -0.2) is 4.98 Å². The highest BCUT2D eigenvalue weighted by molar-refractivity contribution is 7.09. The summed E-state index contributed by atoms with van der Waals surface area (Å²) in [7, 11) is 0. The minimum atomic E-state index is 0.0270. The molecule has 0 spiro atoms. The lowest BCUT2D eigenvalue weighted by molar-refractivity contribution is -0.132. The molecule has 1 aromatic carbocycles. The molecule has 0 saturated carbocycles. The molecule has 196 valence electrons. The molecular weight excluding hydrogens is 486 g/mol. The second-order valence-corrected chi connectivity index (χ2v) is 11.2. The molecular formula is C28H35N5O3S. The molecule has 2 unspecified atom stereocenters. The van der Waals surface area contributed by atoms with Crippen molar-refractivity contribution in [2.45, 2.75) is 78.0 Å². The van der Waals surface area contributed by atoms with E-state index in [0.717, 1.165) is 59.7 Å². The Kier molecular flexibility index (Phi) is 7.71. The number of benzene rings is 1. The Bertz CT molecular complexity index is 1220. The number of para-hydroxylation sites is 1. The maximum atomic E-state index is 13.9. The number of amides is 2. The van der Waals surface area contributed by atoms with E-state index in [1.807, 2.05) is 59.5 Å². The maximum Gasteiger partial charge on any atom is 0.227 e. The Labute approximate surface area is 222 Å². The van der Waals surface area contributed by atoms with E-state index in [1.54, 1.807) is 18.3 Å². The predicted molar refractivity (Wildman–Crippen MR) is 143 cm³/mol. The van der Waals surface area contributed by atoms with E-state index in [-0.39, 0.29) is 24.3 Å². The van der Waals surface area contributed by atoms with E-state index in [0.29, 0.717) is 31.4 Å². The van der Waals surface area contributed by atoms with Crippen LogP contribution in [-0.2, 0) is 29.1 Å². The number of nitrogens with zero attached hydrogens (tertiary/aromatic N) is 5. The number of aryl methyl sites for hydroxylation is 2. The number of hydrogen-bond acceptors (Lipinski definition) is 7. The van der Waals surface area contributed by atoms with Crippen molar-refractivity contribution in [2.75, 3.05) is 18.0 Å². The van der Waals surface area contributed by atoms with Crippen LogP contribution in [0.3, 0.4) is 0 Å². The van der Waals surface area contributed by atoms with Gasteiger partial charge in [0, 0.05) is 61.5 Å². The summed E-state index contributed by atoms with van der Waals surface area (Å²) >= 11 is 1.67. The van der Waals surface area contributed by atoms with E-state index in [2.05, 4.69) is 15.0 Å². The van der Waals surface area contributed by atoms with Gasteiger partial charge in [0.1, 0.15) is 10.8 Å². The number of piperidine rings is 1. The van der Waals surface area contributed by atoms with Crippen LogP contribution in [0.4, 0.5) is 5.69 Å². The highest BCUT2D eigenvalue weighted by atomic mass is 32.1. The standard InChI is InChI=1S/C28H35N5O3S/c1-19-25(20(2)36-30-19)15-28(35)31-16-22-7-4-5-10-26(22)32(21(3)34)13-11-23-8-6-9-24(17-31)33(23)18-27-29-12-14-37-27/h4-5,7,10,12,14,23-24H,6,8-9,11,13,15-18H2,1-3H3. The number of thiazole rings is 1. The molecule has 1 fully saturated rings. The minimum absolute atomic E-state index is 0.0270. The van der Waals surface area contributed by atoms with Crippen molar-refractivity contribution < 1.29 is 14.1 Å². The Morgan fingerprint density at radius 2 is 1.95 bits per heavy atom. The van der Waals surface area contributed by atoms with Crippen molar-refractivity contribution in [3.63, 3.8) is 0 Å². The fourth-order valence-electron chi connectivity index (χ4n) is 5.84. The molecule has 37 heavy (non-hydrogen) atoms. The minimum Gasteiger partial charge on any atom is -0.361 e. The highest BCUT2D eigenvalue weighted by Gasteiger charge is 2.35. The van der Waals surface area contributed by atoms with E-state index in [9.17, 15) is 9.59 Å². The van der Waals surface area contributed by atoms with Gasteiger partial charge in [-0.1, -0.05) is 29.8 Å². The van der Waals surface area contributed by atoms with E-state index in [4.69, 9.17) is 4.52 Å². The topological polar surface area (TPSA) is 82.8 Å². The lowest BCUT2D eigenvalue weighted by Gasteiger charge is -2.43. The molecule has 9 heteroatoms. The van der Waals surface area contributed by atoms with E-state index < -0.39 is 0 Å². The molecule has 2 atom stereocenters. The van der Waals surface area contributed by atoms with Crippen LogP contribution >= 0.6 is 11.3 Å². The molecule has 2 aliphatic heterocycles. The predicted octanol–water partition coefficient (Wildman–Crippen LogP) is 4.50. The molecule has 2 bridgehead atoms. The smallest absolute Gasteiger partial charge is 0.227 e. The second kappa shape index (κ2) is 11.1. The number of rotatable bonds is 4. The van der Waals surface area contributed by atoms with Crippen LogP contribution in [0.5, 0.6) is 0 Å². The van der Waals surface area contributed by atoms with Crippen molar-refractivity contribution >= 4 is 28.8 Å². The van der Waals surface area contributed by atoms with Crippen molar-refractivity contribution in [1.82, 2.24) is 19.9 Å². The Morgan fingerprint density at radius 3 is 2.68 bits per heavy atom. The van der Waals surface area contributed by atoms with Crippen LogP contribution in [0.1, 0.15) is 60.2 Å². The normalized spacial score (nSPS) is 20.8. The molecule has 4 heterocycles. The van der Waals surface area contributed by atoms with Gasteiger partial charge in [-0.05, 0) is 44.7 Å². The molecule has 2 amide bonds. The van der Waals surface area contributed by atoms with Crippen LogP contribution in [0.2, 0.25) is 0 Å². The van der Waals surface area contributed by atoms with Gasteiger partial charge >= 0.3 is 0 Å². The average molecular weight is 522 g/mol. The van der Waals surface area contributed by atoms with Gasteiger partial charge < -0.3 is 14.3 Å². The van der Waals surface area contributed by atoms with Crippen LogP contribution in [0.25, 0.3) is 0 Å². The summed E-state index contributed by atoms with van der Waals surface area (Å²) in [5, 5.41) is 7.16. The molecule has 0 N–H and O–H groups in total. The highest BCUT2D eigenvalue weighted by Crippen LogP contribution is 2.32. The number of fused-ring (bicyclic) bond motifs is 3. The first-order valence-electron chi connectivity index (χ1n) is 13.1. The first-order chi connectivity index (χ1) is 17.9. The van der Waals surface area contributed by atoms with E-state index in [1.165, 1.54) is 0 Å². The number of hydrogen-bond donors (Lipinski definition) is 0. The second-order valence-electron chi connectivity index (χ2n) is 10.2. The molecule has 0 radical (unpaired) electrons. The van der Waals surface area contributed by atoms with Crippen molar-refractivity contribution in [2.24, 2.45) is 0 Å². The van der Waals surface area contributed by atoms with Gasteiger partial charge in [0.2, 0.25) is 11.8 Å². The quantitative estimate of drug-likeness (QED) is 0.503. The van der Waals surface area contributed by atoms with Gasteiger partial charge in [-0.2, -0.15) is 0 Å². The van der Waals surface area contributed by atoms with Crippen LogP contribution in [-0.4, -0.2) is 56.9 Å². The zero-order valence-electron chi connectivity index (χ0n) is 21.9. The summed E-state index contributed by atoms with van der Waals surface area (Å²) in [6.45, 7) is 7.89. The summed E-state index contributed by atoms with van der Waals surface area (Å²) in [5.41, 5.74) is 3.51. The first-order valence-corrected chi connectivity index (χ1v) is 14.0. The van der Waals surface area contributed by atoms with Gasteiger partial charge in [-0.3, -0.25) is 14.5 Å². The Morgan fingerprint density at radius 1 is 1.14 bits per heavy atom.